The monoisotopic (exact) mass is 572 g/mol. The number of halogens is 1. The minimum Gasteiger partial charge on any atom is -0.508 e. The van der Waals surface area contributed by atoms with Gasteiger partial charge < -0.3 is 19.3 Å². The van der Waals surface area contributed by atoms with Crippen molar-refractivity contribution < 1.29 is 24.1 Å². The number of nitrogens with zero attached hydrogens (tertiary/aromatic N) is 2. The molecule has 0 saturated carbocycles. The molecule has 36 heavy (non-hydrogen) atoms. The highest BCUT2D eigenvalue weighted by Crippen LogP contribution is 2.41. The number of rotatable bonds is 7. The summed E-state index contributed by atoms with van der Waals surface area (Å²) in [4.78, 5) is 31.9. The standard InChI is InChI=1S/C26H25BrN2O6S/c1-5-34-20-13-18(27)17(12-19(20)33-4)23-22(25(32)35-6-2)14(3)28-26-29(23)24(31)21(36-26)11-15-8-7-9-16(30)10-15/h7-13,23,30H,5-6H2,1-4H3/b21-11+/t23-/m0/s1. The molecule has 0 spiro atoms. The predicted molar refractivity (Wildman–Crippen MR) is 140 cm³/mol. The molecule has 0 saturated heterocycles. The zero-order valence-electron chi connectivity index (χ0n) is 20.2. The second-order valence-electron chi connectivity index (χ2n) is 7.85. The van der Waals surface area contributed by atoms with Crippen LogP contribution in [-0.2, 0) is 9.53 Å². The first-order valence-electron chi connectivity index (χ1n) is 11.3. The van der Waals surface area contributed by atoms with Gasteiger partial charge in [-0.25, -0.2) is 9.79 Å². The highest BCUT2D eigenvalue weighted by Gasteiger charge is 2.35. The number of aromatic hydroxyl groups is 1. The molecule has 8 nitrogen and oxygen atoms in total. The summed E-state index contributed by atoms with van der Waals surface area (Å²) in [6.45, 7) is 5.95. The molecule has 0 radical (unpaired) electrons. The number of hydrogen-bond donors (Lipinski definition) is 1. The third-order valence-corrected chi connectivity index (χ3v) is 7.23. The largest absolute Gasteiger partial charge is 0.508 e. The maximum atomic E-state index is 13.7. The van der Waals surface area contributed by atoms with Crippen LogP contribution in [0.1, 0.15) is 37.9 Å². The fourth-order valence-electron chi connectivity index (χ4n) is 4.04. The number of esters is 1. The Kier molecular flexibility index (Phi) is 7.65. The van der Waals surface area contributed by atoms with Crippen LogP contribution in [0.5, 0.6) is 17.2 Å². The van der Waals surface area contributed by atoms with Gasteiger partial charge in [0, 0.05) is 4.47 Å². The van der Waals surface area contributed by atoms with Gasteiger partial charge in [-0.3, -0.25) is 9.36 Å². The quantitative estimate of drug-likeness (QED) is 0.434. The van der Waals surface area contributed by atoms with Gasteiger partial charge in [-0.15, -0.1) is 0 Å². The highest BCUT2D eigenvalue weighted by atomic mass is 79.9. The van der Waals surface area contributed by atoms with E-state index in [9.17, 15) is 14.7 Å². The van der Waals surface area contributed by atoms with E-state index in [-0.39, 0.29) is 23.5 Å². The van der Waals surface area contributed by atoms with Crippen LogP contribution in [0, 0.1) is 0 Å². The van der Waals surface area contributed by atoms with E-state index in [4.69, 9.17) is 14.2 Å². The molecule has 1 N–H and O–H groups in total. The van der Waals surface area contributed by atoms with Crippen LogP contribution in [0.3, 0.4) is 0 Å². The third kappa shape index (κ3) is 4.83. The number of allylic oxidation sites excluding steroid dienone is 1. The summed E-state index contributed by atoms with van der Waals surface area (Å²) >= 11 is 4.82. The van der Waals surface area contributed by atoms with E-state index < -0.39 is 12.0 Å². The summed E-state index contributed by atoms with van der Waals surface area (Å²) in [5.74, 6) is 0.547. The zero-order valence-corrected chi connectivity index (χ0v) is 22.6. The molecule has 3 aromatic rings. The van der Waals surface area contributed by atoms with E-state index in [0.717, 1.165) is 0 Å². The number of methoxy groups -OCH3 is 1. The Labute approximate surface area is 219 Å². The molecular formula is C26H25BrN2O6S. The molecule has 0 fully saturated rings. The molecule has 1 atom stereocenters. The number of ether oxygens (including phenoxy) is 3. The maximum absolute atomic E-state index is 13.7. The number of phenols is 1. The van der Waals surface area contributed by atoms with Gasteiger partial charge in [0.15, 0.2) is 16.3 Å². The van der Waals surface area contributed by atoms with Crippen molar-refractivity contribution in [2.45, 2.75) is 26.8 Å². The molecule has 0 unspecified atom stereocenters. The first-order chi connectivity index (χ1) is 17.3. The topological polar surface area (TPSA) is 99.4 Å². The average molecular weight is 573 g/mol. The summed E-state index contributed by atoms with van der Waals surface area (Å²) < 4.78 is 19.1. The Morgan fingerprint density at radius 1 is 1.22 bits per heavy atom. The van der Waals surface area contributed by atoms with Gasteiger partial charge in [0.1, 0.15) is 5.75 Å². The number of carbonyl (C=O) groups is 1. The summed E-state index contributed by atoms with van der Waals surface area (Å²) in [5.41, 5.74) is 1.70. The van der Waals surface area contributed by atoms with E-state index in [0.29, 0.717) is 48.7 Å². The van der Waals surface area contributed by atoms with Gasteiger partial charge in [0.05, 0.1) is 42.2 Å². The van der Waals surface area contributed by atoms with E-state index in [1.807, 2.05) is 6.92 Å². The minimum atomic E-state index is -0.814. The number of carbonyl (C=O) groups excluding carboxylic acids is 1. The van der Waals surface area contributed by atoms with Crippen molar-refractivity contribution in [1.82, 2.24) is 4.57 Å². The Morgan fingerprint density at radius 3 is 2.67 bits per heavy atom. The SMILES string of the molecule is CCOC(=O)C1=C(C)N=c2s/c(=C/c3cccc(O)c3)c(=O)n2[C@H]1c1cc(OC)c(OCC)cc1Br. The molecule has 10 heteroatoms. The van der Waals surface area contributed by atoms with Gasteiger partial charge in [0.25, 0.3) is 5.56 Å². The fourth-order valence-corrected chi connectivity index (χ4v) is 5.63. The smallest absolute Gasteiger partial charge is 0.338 e. The zero-order chi connectivity index (χ0) is 26.0. The van der Waals surface area contributed by atoms with Crippen molar-refractivity contribution >= 4 is 39.3 Å². The number of fused-ring (bicyclic) bond motifs is 1. The summed E-state index contributed by atoms with van der Waals surface area (Å²) in [5, 5.41) is 9.83. The predicted octanol–water partition coefficient (Wildman–Crippen LogP) is 3.67. The van der Waals surface area contributed by atoms with Gasteiger partial charge in [0.2, 0.25) is 0 Å². The van der Waals surface area contributed by atoms with E-state index in [1.165, 1.54) is 23.0 Å². The number of thiazole rings is 1. The summed E-state index contributed by atoms with van der Waals surface area (Å²) in [6.07, 6.45) is 1.69. The third-order valence-electron chi connectivity index (χ3n) is 5.56. The number of hydrogen-bond acceptors (Lipinski definition) is 8. The van der Waals surface area contributed by atoms with E-state index in [2.05, 4.69) is 20.9 Å². The molecule has 1 aromatic heterocycles. The van der Waals surface area contributed by atoms with E-state index >= 15 is 0 Å². The van der Waals surface area contributed by atoms with Crippen LogP contribution >= 0.6 is 27.3 Å². The summed E-state index contributed by atoms with van der Waals surface area (Å²) in [6, 6.07) is 9.32. The highest BCUT2D eigenvalue weighted by molar-refractivity contribution is 9.10. The van der Waals surface area contributed by atoms with Gasteiger partial charge in [-0.2, -0.15) is 0 Å². The van der Waals surface area contributed by atoms with E-state index in [1.54, 1.807) is 56.3 Å². The molecule has 1 aliphatic heterocycles. The number of aromatic nitrogens is 1. The lowest BCUT2D eigenvalue weighted by molar-refractivity contribution is -0.139. The molecule has 4 rings (SSSR count). The molecule has 0 aliphatic carbocycles. The molecule has 0 amide bonds. The fraction of sp³-hybridized carbons (Fsp3) is 0.269. The van der Waals surface area contributed by atoms with Crippen molar-refractivity contribution in [3.63, 3.8) is 0 Å². The van der Waals surface area contributed by atoms with Crippen LogP contribution in [0.2, 0.25) is 0 Å². The normalized spacial score (nSPS) is 15.4. The van der Waals surface area contributed by atoms with Gasteiger partial charge >= 0.3 is 5.97 Å². The Morgan fingerprint density at radius 2 is 2.00 bits per heavy atom. The van der Waals surface area contributed by atoms with Crippen molar-refractivity contribution in [2.24, 2.45) is 4.99 Å². The van der Waals surface area contributed by atoms with Crippen molar-refractivity contribution in [2.75, 3.05) is 20.3 Å². The van der Waals surface area contributed by atoms with Crippen LogP contribution < -0.4 is 24.4 Å². The van der Waals surface area contributed by atoms with Crippen molar-refractivity contribution in [3.05, 3.63) is 83.0 Å². The lowest BCUT2D eigenvalue weighted by Crippen LogP contribution is -2.40. The lowest BCUT2D eigenvalue weighted by atomic mass is 9.95. The number of benzene rings is 2. The lowest BCUT2D eigenvalue weighted by Gasteiger charge is -2.26. The summed E-state index contributed by atoms with van der Waals surface area (Å²) in [7, 11) is 1.53. The Bertz CT molecular complexity index is 1540. The molecule has 2 heterocycles. The second kappa shape index (κ2) is 10.7. The van der Waals surface area contributed by atoms with Crippen LogP contribution in [0.15, 0.2) is 61.9 Å². The van der Waals surface area contributed by atoms with Crippen LogP contribution in [-0.4, -0.2) is 36.0 Å². The van der Waals surface area contributed by atoms with Crippen LogP contribution in [0.25, 0.3) is 6.08 Å². The van der Waals surface area contributed by atoms with Crippen molar-refractivity contribution in [3.8, 4) is 17.2 Å². The average Bonchev–Trinajstić information content (AvgIpc) is 3.13. The molecule has 2 aromatic carbocycles. The number of phenolic OH excluding ortho intramolecular Hbond substituents is 1. The van der Waals surface area contributed by atoms with Gasteiger partial charge in [-0.05, 0) is 62.2 Å². The molecule has 188 valence electrons. The Hall–Kier alpha value is -3.37. The minimum absolute atomic E-state index is 0.0975. The van der Waals surface area contributed by atoms with Gasteiger partial charge in [-0.1, -0.05) is 39.4 Å². The molecular weight excluding hydrogens is 548 g/mol. The molecule has 0 bridgehead atoms. The first-order valence-corrected chi connectivity index (χ1v) is 12.9. The molecule has 1 aliphatic rings. The second-order valence-corrected chi connectivity index (χ2v) is 9.72. The maximum Gasteiger partial charge on any atom is 0.338 e. The van der Waals surface area contributed by atoms with Crippen LogP contribution in [0.4, 0.5) is 0 Å². The van der Waals surface area contributed by atoms with Crippen molar-refractivity contribution in [1.29, 1.82) is 0 Å². The first kappa shape index (κ1) is 25.7. The Balaban J connectivity index is 2.00.